The zero-order valence-corrected chi connectivity index (χ0v) is 18.0. The third-order valence-corrected chi connectivity index (χ3v) is 5.00. The van der Waals surface area contributed by atoms with Crippen molar-refractivity contribution in [2.75, 3.05) is 31.6 Å². The summed E-state index contributed by atoms with van der Waals surface area (Å²) in [5, 5.41) is 6.83. The van der Waals surface area contributed by atoms with Gasteiger partial charge < -0.3 is 20.1 Å². The standard InChI is InChI=1S/C24H32N6/c1-3-30(23-11-5-4-6-12-23)15-8-13-27-24(25-2)28-18-21-9-7-10-22(17-21)19-29-16-14-26-20-29/h4-7,9-12,14,16-17,20H,3,8,13,15,18-19H2,1-2H3,(H2,25,27,28). The van der Waals surface area contributed by atoms with E-state index in [1.807, 2.05) is 19.6 Å². The fourth-order valence-corrected chi connectivity index (χ4v) is 3.42. The van der Waals surface area contributed by atoms with Crippen LogP contribution in [0.1, 0.15) is 24.5 Å². The van der Waals surface area contributed by atoms with Gasteiger partial charge in [-0.1, -0.05) is 42.5 Å². The molecule has 2 aromatic carbocycles. The van der Waals surface area contributed by atoms with Crippen LogP contribution in [0.4, 0.5) is 5.69 Å². The second kappa shape index (κ2) is 11.7. The molecule has 3 aromatic rings. The average molecular weight is 405 g/mol. The Kier molecular flexibility index (Phi) is 8.33. The molecule has 30 heavy (non-hydrogen) atoms. The molecule has 3 rings (SSSR count). The summed E-state index contributed by atoms with van der Waals surface area (Å²) in [6.07, 6.45) is 6.67. The van der Waals surface area contributed by atoms with Crippen LogP contribution in [0, 0.1) is 0 Å². The first-order valence-corrected chi connectivity index (χ1v) is 10.6. The predicted octanol–water partition coefficient (Wildman–Crippen LogP) is 3.51. The van der Waals surface area contributed by atoms with Gasteiger partial charge in [0.25, 0.3) is 0 Å². The number of aliphatic imine (C=N–C) groups is 1. The number of para-hydroxylation sites is 1. The van der Waals surface area contributed by atoms with E-state index < -0.39 is 0 Å². The van der Waals surface area contributed by atoms with Gasteiger partial charge >= 0.3 is 0 Å². The van der Waals surface area contributed by atoms with Crippen LogP contribution in [0.15, 0.2) is 78.3 Å². The van der Waals surface area contributed by atoms with Gasteiger partial charge in [0.2, 0.25) is 0 Å². The van der Waals surface area contributed by atoms with Crippen molar-refractivity contribution in [1.29, 1.82) is 0 Å². The second-order valence-electron chi connectivity index (χ2n) is 7.18. The van der Waals surface area contributed by atoms with E-state index in [0.717, 1.165) is 45.1 Å². The number of aromatic nitrogens is 2. The van der Waals surface area contributed by atoms with Crippen LogP contribution in [-0.4, -0.2) is 42.2 Å². The van der Waals surface area contributed by atoms with Crippen LogP contribution in [-0.2, 0) is 13.1 Å². The van der Waals surface area contributed by atoms with Gasteiger partial charge in [-0.3, -0.25) is 4.99 Å². The molecular weight excluding hydrogens is 372 g/mol. The zero-order valence-electron chi connectivity index (χ0n) is 18.0. The molecule has 0 unspecified atom stereocenters. The van der Waals surface area contributed by atoms with Gasteiger partial charge in [-0.2, -0.15) is 0 Å². The first-order chi connectivity index (χ1) is 14.8. The lowest BCUT2D eigenvalue weighted by Crippen LogP contribution is -2.38. The number of nitrogens with one attached hydrogen (secondary N) is 2. The summed E-state index contributed by atoms with van der Waals surface area (Å²) in [7, 11) is 1.81. The minimum absolute atomic E-state index is 0.739. The molecule has 0 atom stereocenters. The minimum Gasteiger partial charge on any atom is -0.372 e. The average Bonchev–Trinajstić information content (AvgIpc) is 3.30. The van der Waals surface area contributed by atoms with E-state index in [0.29, 0.717) is 0 Å². The molecule has 2 N–H and O–H groups in total. The first kappa shape index (κ1) is 21.4. The largest absolute Gasteiger partial charge is 0.372 e. The summed E-state index contributed by atoms with van der Waals surface area (Å²) in [6.45, 7) is 6.66. The van der Waals surface area contributed by atoms with Crippen molar-refractivity contribution < 1.29 is 0 Å². The highest BCUT2D eigenvalue weighted by Gasteiger charge is 2.04. The zero-order chi connectivity index (χ0) is 21.0. The highest BCUT2D eigenvalue weighted by Crippen LogP contribution is 2.12. The lowest BCUT2D eigenvalue weighted by molar-refractivity contribution is 0.708. The normalized spacial score (nSPS) is 11.3. The number of imidazole rings is 1. The predicted molar refractivity (Wildman–Crippen MR) is 125 cm³/mol. The molecule has 0 aliphatic carbocycles. The number of rotatable bonds is 10. The minimum atomic E-state index is 0.739. The number of benzene rings is 2. The Balaban J connectivity index is 1.41. The Morgan fingerprint density at radius 1 is 1.07 bits per heavy atom. The number of nitrogens with zero attached hydrogens (tertiary/aromatic N) is 4. The van der Waals surface area contributed by atoms with Gasteiger partial charge in [-0.15, -0.1) is 0 Å². The summed E-state index contributed by atoms with van der Waals surface area (Å²) in [5.74, 6) is 0.831. The fourth-order valence-electron chi connectivity index (χ4n) is 3.42. The maximum atomic E-state index is 4.35. The monoisotopic (exact) mass is 404 g/mol. The third kappa shape index (κ3) is 6.65. The first-order valence-electron chi connectivity index (χ1n) is 10.6. The highest BCUT2D eigenvalue weighted by molar-refractivity contribution is 5.79. The Bertz CT molecular complexity index is 889. The smallest absolute Gasteiger partial charge is 0.191 e. The SMILES string of the molecule is CCN(CCCNC(=NC)NCc1cccc(Cn2ccnc2)c1)c1ccccc1. The second-order valence-corrected chi connectivity index (χ2v) is 7.18. The molecule has 0 amide bonds. The Morgan fingerprint density at radius 3 is 2.63 bits per heavy atom. The van der Waals surface area contributed by atoms with E-state index >= 15 is 0 Å². The Hall–Kier alpha value is -3.28. The fraction of sp³-hybridized carbons (Fsp3) is 0.333. The van der Waals surface area contributed by atoms with Crippen LogP contribution >= 0.6 is 0 Å². The van der Waals surface area contributed by atoms with Crippen molar-refractivity contribution in [2.24, 2.45) is 4.99 Å². The van der Waals surface area contributed by atoms with E-state index in [-0.39, 0.29) is 0 Å². The molecule has 0 aliphatic heterocycles. The summed E-state index contributed by atoms with van der Waals surface area (Å²) >= 11 is 0. The number of anilines is 1. The van der Waals surface area contributed by atoms with Crippen molar-refractivity contribution in [2.45, 2.75) is 26.4 Å². The van der Waals surface area contributed by atoms with Gasteiger partial charge in [0.05, 0.1) is 6.33 Å². The van der Waals surface area contributed by atoms with Crippen molar-refractivity contribution in [3.63, 3.8) is 0 Å². The molecule has 158 valence electrons. The van der Waals surface area contributed by atoms with Crippen molar-refractivity contribution in [3.8, 4) is 0 Å². The van der Waals surface area contributed by atoms with Crippen LogP contribution < -0.4 is 15.5 Å². The van der Waals surface area contributed by atoms with Crippen LogP contribution in [0.3, 0.4) is 0 Å². The Morgan fingerprint density at radius 2 is 1.90 bits per heavy atom. The maximum absolute atomic E-state index is 4.35. The Labute approximate surface area is 179 Å². The molecular formula is C24H32N6. The van der Waals surface area contributed by atoms with Crippen molar-refractivity contribution in [1.82, 2.24) is 20.2 Å². The topological polar surface area (TPSA) is 57.5 Å². The molecule has 0 spiro atoms. The summed E-state index contributed by atoms with van der Waals surface area (Å²) in [5.41, 5.74) is 3.77. The van der Waals surface area contributed by atoms with Crippen molar-refractivity contribution >= 4 is 11.6 Å². The summed E-state index contributed by atoms with van der Waals surface area (Å²) in [4.78, 5) is 10.8. The lowest BCUT2D eigenvalue weighted by Gasteiger charge is -2.23. The van der Waals surface area contributed by atoms with Crippen LogP contribution in [0.5, 0.6) is 0 Å². The number of hydrogen-bond acceptors (Lipinski definition) is 3. The summed E-state index contributed by atoms with van der Waals surface area (Å²) in [6, 6.07) is 19.2. The molecule has 0 radical (unpaired) electrons. The van der Waals surface area contributed by atoms with Crippen LogP contribution in [0.2, 0.25) is 0 Å². The molecule has 6 heteroatoms. The van der Waals surface area contributed by atoms with Gasteiger partial charge in [0, 0.05) is 57.9 Å². The molecule has 1 aromatic heterocycles. The van der Waals surface area contributed by atoms with Gasteiger partial charge in [-0.05, 0) is 36.6 Å². The molecule has 0 bridgehead atoms. The summed E-state index contributed by atoms with van der Waals surface area (Å²) < 4.78 is 2.07. The molecule has 0 aliphatic rings. The number of guanidine groups is 1. The quantitative estimate of drug-likeness (QED) is 0.308. The molecule has 0 saturated heterocycles. The van der Waals surface area contributed by atoms with E-state index in [1.165, 1.54) is 16.8 Å². The maximum Gasteiger partial charge on any atom is 0.191 e. The lowest BCUT2D eigenvalue weighted by atomic mass is 10.1. The van der Waals surface area contributed by atoms with Crippen molar-refractivity contribution in [3.05, 3.63) is 84.4 Å². The van der Waals surface area contributed by atoms with Gasteiger partial charge in [0.1, 0.15) is 0 Å². The highest BCUT2D eigenvalue weighted by atomic mass is 15.2. The van der Waals surface area contributed by atoms with E-state index in [4.69, 9.17) is 0 Å². The van der Waals surface area contributed by atoms with Crippen LogP contribution in [0.25, 0.3) is 0 Å². The van der Waals surface area contributed by atoms with E-state index in [1.54, 1.807) is 6.20 Å². The van der Waals surface area contributed by atoms with E-state index in [2.05, 4.69) is 91.6 Å². The molecule has 0 saturated carbocycles. The molecule has 0 fully saturated rings. The van der Waals surface area contributed by atoms with Gasteiger partial charge in [0.15, 0.2) is 5.96 Å². The van der Waals surface area contributed by atoms with Gasteiger partial charge in [-0.25, -0.2) is 4.98 Å². The third-order valence-electron chi connectivity index (χ3n) is 5.00. The molecule has 6 nitrogen and oxygen atoms in total. The molecule has 1 heterocycles. The van der Waals surface area contributed by atoms with E-state index in [9.17, 15) is 0 Å². The number of hydrogen-bond donors (Lipinski definition) is 2.